The monoisotopic (exact) mass is 239 g/mol. The fourth-order valence-electron chi connectivity index (χ4n) is 1.52. The van der Waals surface area contributed by atoms with E-state index in [0.29, 0.717) is 17.9 Å². The predicted molar refractivity (Wildman–Crippen MR) is 62.8 cm³/mol. The molecule has 0 bridgehead atoms. The highest BCUT2D eigenvalue weighted by molar-refractivity contribution is 5.70. The minimum Gasteiger partial charge on any atom is -0.508 e. The molecule has 5 heteroatoms. The first kappa shape index (κ1) is 13.3. The van der Waals surface area contributed by atoms with Gasteiger partial charge in [-0.1, -0.05) is 6.07 Å². The first-order valence-corrected chi connectivity index (χ1v) is 5.36. The van der Waals surface area contributed by atoms with E-state index < -0.39 is 6.04 Å². The van der Waals surface area contributed by atoms with E-state index in [1.54, 1.807) is 13.0 Å². The Balaban J connectivity index is 2.81. The largest absolute Gasteiger partial charge is 0.508 e. The number of hydrogen-bond acceptors (Lipinski definition) is 5. The molecule has 0 saturated carbocycles. The third-order valence-corrected chi connectivity index (χ3v) is 2.31. The second-order valence-corrected chi connectivity index (χ2v) is 3.54. The van der Waals surface area contributed by atoms with Gasteiger partial charge in [-0.05, 0) is 13.0 Å². The van der Waals surface area contributed by atoms with E-state index in [2.05, 4.69) is 0 Å². The number of esters is 1. The van der Waals surface area contributed by atoms with Gasteiger partial charge in [-0.25, -0.2) is 0 Å². The van der Waals surface area contributed by atoms with Gasteiger partial charge in [0.05, 0.1) is 20.1 Å². The number of phenols is 1. The molecule has 17 heavy (non-hydrogen) atoms. The maximum atomic E-state index is 11.3. The lowest BCUT2D eigenvalue weighted by Crippen LogP contribution is -2.17. The molecule has 3 N–H and O–H groups in total. The van der Waals surface area contributed by atoms with Crippen molar-refractivity contribution in [2.24, 2.45) is 5.73 Å². The van der Waals surface area contributed by atoms with Gasteiger partial charge in [-0.2, -0.15) is 0 Å². The van der Waals surface area contributed by atoms with Gasteiger partial charge in [0.15, 0.2) is 0 Å². The summed E-state index contributed by atoms with van der Waals surface area (Å²) in [6.45, 7) is 2.07. The topological polar surface area (TPSA) is 81.8 Å². The number of nitrogens with two attached hydrogens (primary N) is 1. The van der Waals surface area contributed by atoms with Crippen molar-refractivity contribution in [3.63, 3.8) is 0 Å². The number of ether oxygens (including phenoxy) is 2. The first-order valence-electron chi connectivity index (χ1n) is 5.36. The van der Waals surface area contributed by atoms with Crippen molar-refractivity contribution in [1.82, 2.24) is 0 Å². The van der Waals surface area contributed by atoms with Crippen LogP contribution in [0, 0.1) is 0 Å². The molecule has 0 aliphatic heterocycles. The smallest absolute Gasteiger partial charge is 0.307 e. The van der Waals surface area contributed by atoms with E-state index in [4.69, 9.17) is 15.2 Å². The predicted octanol–water partition coefficient (Wildman–Crippen LogP) is 1.35. The molecule has 0 fully saturated rings. The average molecular weight is 239 g/mol. The molecule has 0 unspecified atom stereocenters. The van der Waals surface area contributed by atoms with Gasteiger partial charge in [0.1, 0.15) is 11.5 Å². The second-order valence-electron chi connectivity index (χ2n) is 3.54. The van der Waals surface area contributed by atoms with Crippen LogP contribution in [0.15, 0.2) is 18.2 Å². The van der Waals surface area contributed by atoms with Crippen LogP contribution < -0.4 is 10.5 Å². The quantitative estimate of drug-likeness (QED) is 0.758. The number of aromatic hydroxyl groups is 1. The third-order valence-electron chi connectivity index (χ3n) is 2.31. The van der Waals surface area contributed by atoms with Crippen LogP contribution in [0.25, 0.3) is 0 Å². The summed E-state index contributed by atoms with van der Waals surface area (Å²) in [5.74, 6) is 0.200. The highest BCUT2D eigenvalue weighted by atomic mass is 16.5. The molecule has 0 saturated heterocycles. The van der Waals surface area contributed by atoms with Gasteiger partial charge in [0, 0.05) is 17.7 Å². The van der Waals surface area contributed by atoms with Gasteiger partial charge in [0.25, 0.3) is 0 Å². The van der Waals surface area contributed by atoms with Crippen LogP contribution in [0.1, 0.15) is 24.9 Å². The van der Waals surface area contributed by atoms with Crippen molar-refractivity contribution in [2.75, 3.05) is 13.7 Å². The SMILES string of the molecule is CCOC(=O)C[C@H](N)c1ccc(O)cc1OC. The average Bonchev–Trinajstić information content (AvgIpc) is 2.28. The van der Waals surface area contributed by atoms with Gasteiger partial charge in [-0.15, -0.1) is 0 Å². The lowest BCUT2D eigenvalue weighted by Gasteiger charge is -2.15. The molecule has 1 aromatic carbocycles. The number of hydrogen-bond donors (Lipinski definition) is 2. The van der Waals surface area contributed by atoms with Crippen LogP contribution in [0.2, 0.25) is 0 Å². The summed E-state index contributed by atoms with van der Waals surface area (Å²) in [6, 6.07) is 4.09. The Hall–Kier alpha value is -1.75. The summed E-state index contributed by atoms with van der Waals surface area (Å²) in [6.07, 6.45) is 0.0783. The maximum Gasteiger partial charge on any atom is 0.307 e. The summed E-state index contributed by atoms with van der Waals surface area (Å²) < 4.78 is 9.92. The van der Waals surface area contributed by atoms with E-state index in [1.807, 2.05) is 0 Å². The molecular formula is C12H17NO4. The molecule has 0 radical (unpaired) electrons. The number of carbonyl (C=O) groups excluding carboxylic acids is 1. The second kappa shape index (κ2) is 6.10. The van der Waals surface area contributed by atoms with E-state index >= 15 is 0 Å². The summed E-state index contributed by atoms with van der Waals surface area (Å²) in [4.78, 5) is 11.3. The summed E-state index contributed by atoms with van der Waals surface area (Å²) >= 11 is 0. The Bertz CT molecular complexity index is 392. The van der Waals surface area contributed by atoms with E-state index in [1.165, 1.54) is 19.2 Å². The summed E-state index contributed by atoms with van der Waals surface area (Å²) in [5.41, 5.74) is 6.56. The fourth-order valence-corrected chi connectivity index (χ4v) is 1.52. The molecule has 0 spiro atoms. The van der Waals surface area contributed by atoms with Crippen molar-refractivity contribution in [1.29, 1.82) is 0 Å². The minimum absolute atomic E-state index is 0.0783. The van der Waals surface area contributed by atoms with Gasteiger partial charge < -0.3 is 20.3 Å². The highest BCUT2D eigenvalue weighted by Crippen LogP contribution is 2.29. The molecule has 0 aromatic heterocycles. The number of carbonyl (C=O) groups is 1. The molecule has 0 amide bonds. The van der Waals surface area contributed by atoms with E-state index in [0.717, 1.165) is 0 Å². The van der Waals surface area contributed by atoms with Gasteiger partial charge in [0.2, 0.25) is 0 Å². The summed E-state index contributed by atoms with van der Waals surface area (Å²) in [5, 5.41) is 9.30. The summed E-state index contributed by atoms with van der Waals surface area (Å²) in [7, 11) is 1.48. The Kier molecular flexibility index (Phi) is 4.78. The van der Waals surface area contributed by atoms with Crippen molar-refractivity contribution in [3.05, 3.63) is 23.8 Å². The number of rotatable bonds is 5. The van der Waals surface area contributed by atoms with Gasteiger partial charge in [-0.3, -0.25) is 4.79 Å². The molecular weight excluding hydrogens is 222 g/mol. The van der Waals surface area contributed by atoms with Crippen LogP contribution in [0.4, 0.5) is 0 Å². The normalized spacial score (nSPS) is 11.9. The molecule has 1 aromatic rings. The Morgan fingerprint density at radius 2 is 2.24 bits per heavy atom. The molecule has 0 aliphatic rings. The number of methoxy groups -OCH3 is 1. The molecule has 1 atom stereocenters. The van der Waals surface area contributed by atoms with Crippen molar-refractivity contribution in [3.8, 4) is 11.5 Å². The number of benzene rings is 1. The maximum absolute atomic E-state index is 11.3. The zero-order valence-corrected chi connectivity index (χ0v) is 9.97. The molecule has 0 heterocycles. The van der Waals surface area contributed by atoms with Crippen molar-refractivity contribution >= 4 is 5.97 Å². The van der Waals surface area contributed by atoms with E-state index in [-0.39, 0.29) is 18.1 Å². The zero-order valence-electron chi connectivity index (χ0n) is 9.97. The number of phenolic OH excluding ortho intramolecular Hbond substituents is 1. The van der Waals surface area contributed by atoms with Crippen LogP contribution in [0.3, 0.4) is 0 Å². The minimum atomic E-state index is -0.510. The van der Waals surface area contributed by atoms with Crippen molar-refractivity contribution < 1.29 is 19.4 Å². The Morgan fingerprint density at radius 3 is 2.82 bits per heavy atom. The van der Waals surface area contributed by atoms with Crippen LogP contribution >= 0.6 is 0 Å². The molecule has 0 aliphatic carbocycles. The third kappa shape index (κ3) is 3.64. The van der Waals surface area contributed by atoms with Gasteiger partial charge >= 0.3 is 5.97 Å². The van der Waals surface area contributed by atoms with Crippen LogP contribution in [-0.2, 0) is 9.53 Å². The lowest BCUT2D eigenvalue weighted by molar-refractivity contribution is -0.143. The molecule has 5 nitrogen and oxygen atoms in total. The van der Waals surface area contributed by atoms with E-state index in [9.17, 15) is 9.90 Å². The van der Waals surface area contributed by atoms with Crippen LogP contribution in [0.5, 0.6) is 11.5 Å². The van der Waals surface area contributed by atoms with Crippen molar-refractivity contribution in [2.45, 2.75) is 19.4 Å². The zero-order chi connectivity index (χ0) is 12.8. The standard InChI is InChI=1S/C12H17NO4/c1-3-17-12(15)7-10(13)9-5-4-8(14)6-11(9)16-2/h4-6,10,14H,3,7,13H2,1-2H3/t10-/m0/s1. The Morgan fingerprint density at radius 1 is 1.53 bits per heavy atom. The lowest BCUT2D eigenvalue weighted by atomic mass is 10.0. The first-order chi connectivity index (χ1) is 8.08. The molecule has 1 rings (SSSR count). The Labute approximate surface area is 100 Å². The fraction of sp³-hybridized carbons (Fsp3) is 0.417. The highest BCUT2D eigenvalue weighted by Gasteiger charge is 2.16. The van der Waals surface area contributed by atoms with Crippen LogP contribution in [-0.4, -0.2) is 24.8 Å². The molecule has 94 valence electrons.